The number of nitrogens with two attached hydrogens (primary N) is 1. The van der Waals surface area contributed by atoms with Crippen molar-refractivity contribution in [1.29, 1.82) is 5.41 Å². The van der Waals surface area contributed by atoms with Crippen molar-refractivity contribution >= 4 is 23.8 Å². The van der Waals surface area contributed by atoms with E-state index in [2.05, 4.69) is 15.0 Å². The molecule has 8 nitrogen and oxygen atoms in total. The number of rotatable bonds is 4. The minimum atomic E-state index is -4.82. The van der Waals surface area contributed by atoms with Gasteiger partial charge in [-0.2, -0.15) is 0 Å². The minimum Gasteiger partial charge on any atom is -0.483 e. The summed E-state index contributed by atoms with van der Waals surface area (Å²) in [6.45, 7) is 2.57. The minimum absolute atomic E-state index is 0.00981. The smallest absolute Gasteiger partial charge is 0.483 e. The highest BCUT2D eigenvalue weighted by Gasteiger charge is 2.35. The molecule has 11 heteroatoms. The van der Waals surface area contributed by atoms with Crippen LogP contribution >= 0.6 is 0 Å². The van der Waals surface area contributed by atoms with E-state index in [0.717, 1.165) is 44.6 Å². The van der Waals surface area contributed by atoms with Gasteiger partial charge < -0.3 is 25.8 Å². The van der Waals surface area contributed by atoms with E-state index in [1.54, 1.807) is 0 Å². The van der Waals surface area contributed by atoms with Gasteiger partial charge >= 0.3 is 6.36 Å². The number of carboxylic acid groups (broad SMARTS) is 1. The van der Waals surface area contributed by atoms with E-state index in [4.69, 9.17) is 21.0 Å². The molecule has 3 heterocycles. The first kappa shape index (κ1) is 21.5. The Morgan fingerprint density at radius 1 is 1.36 bits per heavy atom. The van der Waals surface area contributed by atoms with E-state index in [1.165, 1.54) is 6.07 Å². The van der Waals surface area contributed by atoms with Crippen LogP contribution in [-0.2, 0) is 9.59 Å². The number of hydrogen-bond donors (Lipinski definition) is 4. The first-order valence-corrected chi connectivity index (χ1v) is 8.50. The lowest BCUT2D eigenvalue weighted by Gasteiger charge is -2.44. The van der Waals surface area contributed by atoms with E-state index in [1.807, 2.05) is 0 Å². The van der Waals surface area contributed by atoms with Crippen LogP contribution in [0, 0.1) is 11.3 Å². The molecule has 3 fully saturated rings. The third-order valence-corrected chi connectivity index (χ3v) is 4.73. The lowest BCUT2D eigenvalue weighted by molar-refractivity contribution is -0.274. The molecule has 1 atom stereocenters. The summed E-state index contributed by atoms with van der Waals surface area (Å²) in [5.41, 5.74) is 5.29. The lowest BCUT2D eigenvalue weighted by atomic mass is 9.84. The number of halogens is 3. The SMILES string of the molecule is N=C(C(=O)N[C@H]1CN2CCC1CC2)c1ccc(OC(F)(F)F)cc1N.O=CO. The van der Waals surface area contributed by atoms with Crippen molar-refractivity contribution in [3.63, 3.8) is 0 Å². The number of nitrogens with one attached hydrogen (secondary N) is 2. The molecule has 0 spiro atoms. The van der Waals surface area contributed by atoms with Crippen LogP contribution in [0.1, 0.15) is 18.4 Å². The van der Waals surface area contributed by atoms with Gasteiger partial charge in [-0.1, -0.05) is 0 Å². The summed E-state index contributed by atoms with van der Waals surface area (Å²) in [5, 5.41) is 17.8. The Kier molecular flexibility index (Phi) is 6.84. The van der Waals surface area contributed by atoms with E-state index in [0.29, 0.717) is 5.92 Å². The first-order valence-electron chi connectivity index (χ1n) is 8.50. The van der Waals surface area contributed by atoms with Gasteiger partial charge in [0.15, 0.2) is 0 Å². The summed E-state index contributed by atoms with van der Waals surface area (Å²) >= 11 is 0. The number of carbonyl (C=O) groups is 2. The molecule has 4 rings (SSSR count). The van der Waals surface area contributed by atoms with Crippen LogP contribution in [0.3, 0.4) is 0 Å². The third-order valence-electron chi connectivity index (χ3n) is 4.73. The van der Waals surface area contributed by atoms with Crippen molar-refractivity contribution in [1.82, 2.24) is 10.2 Å². The Morgan fingerprint density at radius 2 is 1.96 bits per heavy atom. The van der Waals surface area contributed by atoms with E-state index >= 15 is 0 Å². The molecule has 0 aromatic heterocycles. The molecule has 1 aromatic rings. The maximum absolute atomic E-state index is 12.3. The molecule has 2 bridgehead atoms. The second kappa shape index (κ2) is 8.91. The van der Waals surface area contributed by atoms with Crippen LogP contribution in [0.25, 0.3) is 0 Å². The highest BCUT2D eigenvalue weighted by molar-refractivity contribution is 6.45. The number of piperidine rings is 3. The standard InChI is InChI=1S/C16H19F3N4O2.CH2O2/c17-16(18,19)25-10-1-2-11(12(20)7-10)14(21)15(24)22-13-8-23-5-3-9(13)4-6-23;2-1-3/h1-2,7,9,13,21H,3-6,8,20H2,(H,22,24);1H,(H,2,3)/t13-;/m0./s1. The Bertz CT molecular complexity index is 734. The van der Waals surface area contributed by atoms with Crippen molar-refractivity contribution in [3.05, 3.63) is 23.8 Å². The second-order valence-corrected chi connectivity index (χ2v) is 6.50. The van der Waals surface area contributed by atoms with Crippen LogP contribution < -0.4 is 15.8 Å². The zero-order valence-corrected chi connectivity index (χ0v) is 14.8. The van der Waals surface area contributed by atoms with E-state index in [-0.39, 0.29) is 29.5 Å². The number of alkyl halides is 3. The summed E-state index contributed by atoms with van der Waals surface area (Å²) in [4.78, 5) is 23.0. The number of hydrogen-bond acceptors (Lipinski definition) is 6. The number of ether oxygens (including phenoxy) is 1. The molecule has 3 aliphatic rings. The van der Waals surface area contributed by atoms with Crippen molar-refractivity contribution < 1.29 is 32.6 Å². The fourth-order valence-corrected chi connectivity index (χ4v) is 3.46. The van der Waals surface area contributed by atoms with Gasteiger partial charge in [0, 0.05) is 29.9 Å². The van der Waals surface area contributed by atoms with Crippen molar-refractivity contribution in [3.8, 4) is 5.75 Å². The monoisotopic (exact) mass is 402 g/mol. The number of fused-ring (bicyclic) bond motifs is 3. The summed E-state index contributed by atoms with van der Waals surface area (Å²) in [6.07, 6.45) is -2.79. The summed E-state index contributed by atoms with van der Waals surface area (Å²) < 4.78 is 40.4. The fourth-order valence-electron chi connectivity index (χ4n) is 3.46. The maximum atomic E-state index is 12.3. The van der Waals surface area contributed by atoms with Gasteiger partial charge in [-0.25, -0.2) is 0 Å². The molecule has 1 amide bonds. The molecule has 5 N–H and O–H groups in total. The molecule has 0 saturated carbocycles. The molecule has 154 valence electrons. The third kappa shape index (κ3) is 5.59. The van der Waals surface area contributed by atoms with Crippen LogP contribution in [0.5, 0.6) is 5.75 Å². The maximum Gasteiger partial charge on any atom is 0.573 e. The number of nitrogens with zero attached hydrogens (tertiary/aromatic N) is 1. The van der Waals surface area contributed by atoms with Crippen molar-refractivity contribution in [2.75, 3.05) is 25.4 Å². The molecule has 3 aliphatic heterocycles. The van der Waals surface area contributed by atoms with Gasteiger partial charge in [-0.3, -0.25) is 15.0 Å². The largest absolute Gasteiger partial charge is 0.573 e. The number of benzene rings is 1. The Balaban J connectivity index is 0.000000878. The summed E-state index contributed by atoms with van der Waals surface area (Å²) in [6, 6.07) is 3.17. The highest BCUT2D eigenvalue weighted by Crippen LogP contribution is 2.28. The normalized spacial score (nSPS) is 23.2. The lowest BCUT2D eigenvalue weighted by Crippen LogP contribution is -2.58. The molecular formula is C17H21F3N4O4. The second-order valence-electron chi connectivity index (χ2n) is 6.50. The van der Waals surface area contributed by atoms with Crippen molar-refractivity contribution in [2.24, 2.45) is 5.92 Å². The predicted molar refractivity (Wildman–Crippen MR) is 94.2 cm³/mol. The van der Waals surface area contributed by atoms with Gasteiger partial charge in [0.1, 0.15) is 11.5 Å². The zero-order valence-electron chi connectivity index (χ0n) is 14.8. The number of carbonyl (C=O) groups excluding carboxylic acids is 1. The molecule has 0 radical (unpaired) electrons. The van der Waals surface area contributed by atoms with Crippen LogP contribution in [0.15, 0.2) is 18.2 Å². The Morgan fingerprint density at radius 3 is 2.43 bits per heavy atom. The first-order chi connectivity index (χ1) is 13.1. The van der Waals surface area contributed by atoms with Crippen LogP contribution in [-0.4, -0.2) is 60.1 Å². The number of anilines is 1. The fraction of sp³-hybridized carbons (Fsp3) is 0.471. The number of nitrogen functional groups attached to an aromatic ring is 1. The van der Waals surface area contributed by atoms with Crippen LogP contribution in [0.2, 0.25) is 0 Å². The van der Waals surface area contributed by atoms with Gasteiger partial charge in [0.25, 0.3) is 12.4 Å². The average molecular weight is 402 g/mol. The van der Waals surface area contributed by atoms with Gasteiger partial charge in [0.05, 0.1) is 0 Å². The zero-order chi connectivity index (χ0) is 20.9. The Labute approximate surface area is 159 Å². The Hall–Kier alpha value is -2.82. The molecule has 28 heavy (non-hydrogen) atoms. The van der Waals surface area contributed by atoms with Gasteiger partial charge in [0.2, 0.25) is 0 Å². The highest BCUT2D eigenvalue weighted by atomic mass is 19.4. The van der Waals surface area contributed by atoms with E-state index < -0.39 is 18.0 Å². The van der Waals surface area contributed by atoms with Crippen molar-refractivity contribution in [2.45, 2.75) is 25.2 Å². The van der Waals surface area contributed by atoms with Crippen LogP contribution in [0.4, 0.5) is 18.9 Å². The summed E-state index contributed by atoms with van der Waals surface area (Å²) in [5.74, 6) is -0.657. The predicted octanol–water partition coefficient (Wildman–Crippen LogP) is 1.45. The number of amides is 1. The quantitative estimate of drug-likeness (QED) is 0.343. The van der Waals surface area contributed by atoms with Gasteiger partial charge in [-0.05, 0) is 44.0 Å². The molecule has 0 aliphatic carbocycles. The molecule has 0 unspecified atom stereocenters. The topological polar surface area (TPSA) is 129 Å². The van der Waals surface area contributed by atoms with E-state index in [9.17, 15) is 18.0 Å². The average Bonchev–Trinajstić information content (AvgIpc) is 2.61. The van der Waals surface area contributed by atoms with Gasteiger partial charge in [-0.15, -0.1) is 13.2 Å². The summed E-state index contributed by atoms with van der Waals surface area (Å²) in [7, 11) is 0. The molecule has 3 saturated heterocycles. The molecule has 1 aromatic carbocycles. The molecular weight excluding hydrogens is 381 g/mol.